The van der Waals surface area contributed by atoms with Gasteiger partial charge in [0.05, 0.1) is 28.3 Å². The molecule has 1 aliphatic rings. The van der Waals surface area contributed by atoms with Crippen molar-refractivity contribution in [1.29, 1.82) is 0 Å². The van der Waals surface area contributed by atoms with Crippen molar-refractivity contribution < 1.29 is 27.8 Å². The summed E-state index contributed by atoms with van der Waals surface area (Å²) in [5.74, 6) is -0.444. The third kappa shape index (κ3) is 6.13. The van der Waals surface area contributed by atoms with E-state index in [4.69, 9.17) is 4.74 Å². The Morgan fingerprint density at radius 1 is 1.23 bits per heavy atom. The predicted molar refractivity (Wildman–Crippen MR) is 139 cm³/mol. The number of rotatable bonds is 10. The fourth-order valence-electron chi connectivity index (χ4n) is 4.51. The van der Waals surface area contributed by atoms with Crippen molar-refractivity contribution in [2.24, 2.45) is 5.41 Å². The van der Waals surface area contributed by atoms with E-state index < -0.39 is 27.3 Å². The summed E-state index contributed by atoms with van der Waals surface area (Å²) in [7, 11) is -2.48. The van der Waals surface area contributed by atoms with Crippen molar-refractivity contribution in [3.8, 4) is 5.75 Å². The second kappa shape index (κ2) is 11.7. The van der Waals surface area contributed by atoms with E-state index in [1.54, 1.807) is 6.07 Å². The Kier molecular flexibility index (Phi) is 9.12. The number of ether oxygens (including phenoxy) is 2. The van der Waals surface area contributed by atoms with E-state index in [-0.39, 0.29) is 17.3 Å². The number of sulfone groups is 1. The maximum absolute atomic E-state index is 13.8. The van der Waals surface area contributed by atoms with Crippen molar-refractivity contribution in [2.45, 2.75) is 55.4 Å². The first-order valence-corrected chi connectivity index (χ1v) is 14.7. The number of unbranched alkanes of at least 4 members (excludes halogenated alkanes) is 1. The molecule has 0 fully saturated rings. The maximum Gasteiger partial charge on any atom is 0.338 e. The summed E-state index contributed by atoms with van der Waals surface area (Å²) in [5, 5.41) is 9.97. The summed E-state index contributed by atoms with van der Waals surface area (Å²) in [5.41, 5.74) is 1.15. The van der Waals surface area contributed by atoms with E-state index in [9.17, 15) is 18.3 Å². The number of thioether (sulfide) groups is 1. The van der Waals surface area contributed by atoms with Crippen LogP contribution < -0.4 is 9.64 Å². The van der Waals surface area contributed by atoms with Gasteiger partial charge in [-0.2, -0.15) is 0 Å². The number of methoxy groups -OCH3 is 1. The minimum Gasteiger partial charge on any atom is -0.489 e. The van der Waals surface area contributed by atoms with Crippen LogP contribution in [0.3, 0.4) is 0 Å². The average Bonchev–Trinajstić information content (AvgIpc) is 2.97. The van der Waals surface area contributed by atoms with E-state index in [1.807, 2.05) is 42.7 Å². The SMILES string of the molecule is CCCCC1(CC)CN(c2ccccc2)c2cc(SC)c(OCC(O)C(=O)OC)cc2S(=O)(=O)C1. The number of para-hydroxylation sites is 1. The molecule has 7 nitrogen and oxygen atoms in total. The number of hydrogen-bond donors (Lipinski definition) is 1. The van der Waals surface area contributed by atoms with E-state index in [2.05, 4.69) is 23.5 Å². The molecule has 0 spiro atoms. The van der Waals surface area contributed by atoms with Gasteiger partial charge < -0.3 is 19.5 Å². The van der Waals surface area contributed by atoms with E-state index in [0.29, 0.717) is 18.0 Å². The number of esters is 1. The summed E-state index contributed by atoms with van der Waals surface area (Å²) >= 11 is 1.41. The molecule has 1 heterocycles. The van der Waals surface area contributed by atoms with Gasteiger partial charge in [-0.05, 0) is 37.3 Å². The number of carbonyl (C=O) groups excluding carboxylic acids is 1. The number of anilines is 2. The van der Waals surface area contributed by atoms with Gasteiger partial charge >= 0.3 is 5.97 Å². The van der Waals surface area contributed by atoms with Gasteiger partial charge in [-0.15, -0.1) is 11.8 Å². The molecule has 1 aliphatic heterocycles. The molecule has 2 atom stereocenters. The summed E-state index contributed by atoms with van der Waals surface area (Å²) in [6.45, 7) is 4.45. The number of fused-ring (bicyclic) bond motifs is 1. The highest BCUT2D eigenvalue weighted by Gasteiger charge is 2.42. The molecular weight excluding hydrogens is 486 g/mol. The first-order valence-electron chi connectivity index (χ1n) is 11.9. The van der Waals surface area contributed by atoms with Crippen LogP contribution in [0.25, 0.3) is 0 Å². The molecule has 2 aromatic rings. The molecule has 0 saturated heterocycles. The average molecular weight is 522 g/mol. The van der Waals surface area contributed by atoms with Crippen LogP contribution in [0, 0.1) is 5.41 Å². The molecule has 3 rings (SSSR count). The van der Waals surface area contributed by atoms with Crippen LogP contribution in [0.4, 0.5) is 11.4 Å². The minimum atomic E-state index is -3.66. The molecule has 0 radical (unpaired) electrons. The zero-order valence-electron chi connectivity index (χ0n) is 20.8. The minimum absolute atomic E-state index is 0.0513. The summed E-state index contributed by atoms with van der Waals surface area (Å²) < 4.78 is 38.0. The quantitative estimate of drug-likeness (QED) is 0.351. The Morgan fingerprint density at radius 3 is 2.54 bits per heavy atom. The van der Waals surface area contributed by atoms with Crippen LogP contribution in [0.1, 0.15) is 39.5 Å². The van der Waals surface area contributed by atoms with Crippen LogP contribution >= 0.6 is 11.8 Å². The van der Waals surface area contributed by atoms with Gasteiger partial charge in [-0.3, -0.25) is 0 Å². The fraction of sp³-hybridized carbons (Fsp3) is 0.500. The molecule has 2 unspecified atom stereocenters. The lowest BCUT2D eigenvalue weighted by Crippen LogP contribution is -2.37. The number of benzene rings is 2. The van der Waals surface area contributed by atoms with E-state index in [1.165, 1.54) is 18.9 Å². The summed E-state index contributed by atoms with van der Waals surface area (Å²) in [6.07, 6.45) is 3.93. The number of aliphatic hydroxyl groups excluding tert-OH is 1. The van der Waals surface area contributed by atoms with Gasteiger partial charge in [0, 0.05) is 23.7 Å². The monoisotopic (exact) mass is 521 g/mol. The molecule has 0 aromatic heterocycles. The number of aliphatic hydroxyl groups is 1. The van der Waals surface area contributed by atoms with Gasteiger partial charge in [0.25, 0.3) is 0 Å². The Bertz CT molecular complexity index is 1120. The summed E-state index contributed by atoms with van der Waals surface area (Å²) in [6, 6.07) is 13.2. The topological polar surface area (TPSA) is 93.1 Å². The molecule has 0 aliphatic carbocycles. The van der Waals surface area contributed by atoms with Crippen molar-refractivity contribution in [3.05, 3.63) is 42.5 Å². The van der Waals surface area contributed by atoms with Crippen molar-refractivity contribution in [1.82, 2.24) is 0 Å². The van der Waals surface area contributed by atoms with Crippen LogP contribution in [0.2, 0.25) is 0 Å². The molecule has 9 heteroatoms. The molecule has 0 saturated carbocycles. The highest BCUT2D eigenvalue weighted by molar-refractivity contribution is 7.98. The largest absolute Gasteiger partial charge is 0.489 e. The highest BCUT2D eigenvalue weighted by Crippen LogP contribution is 2.47. The third-order valence-corrected chi connectivity index (χ3v) is 9.36. The first-order chi connectivity index (χ1) is 16.7. The molecule has 35 heavy (non-hydrogen) atoms. The Balaban J connectivity index is 2.16. The number of nitrogens with zero attached hydrogens (tertiary/aromatic N) is 1. The number of carbonyl (C=O) groups is 1. The van der Waals surface area contributed by atoms with Gasteiger partial charge in [-0.25, -0.2) is 13.2 Å². The summed E-state index contributed by atoms with van der Waals surface area (Å²) in [4.78, 5) is 14.6. The Labute approximate surface area is 212 Å². The zero-order chi connectivity index (χ0) is 25.6. The Hall–Kier alpha value is -2.23. The van der Waals surface area contributed by atoms with Crippen molar-refractivity contribution in [2.75, 3.05) is 37.2 Å². The highest BCUT2D eigenvalue weighted by atomic mass is 32.2. The molecule has 2 aromatic carbocycles. The van der Waals surface area contributed by atoms with Crippen molar-refractivity contribution in [3.63, 3.8) is 0 Å². The van der Waals surface area contributed by atoms with Crippen molar-refractivity contribution >= 4 is 38.9 Å². The van der Waals surface area contributed by atoms with E-state index in [0.717, 1.165) is 36.3 Å². The van der Waals surface area contributed by atoms with E-state index >= 15 is 0 Å². The lowest BCUT2D eigenvalue weighted by atomic mass is 9.81. The van der Waals surface area contributed by atoms with Crippen LogP contribution in [0.15, 0.2) is 52.3 Å². The third-order valence-electron chi connectivity index (χ3n) is 6.61. The molecule has 0 amide bonds. The van der Waals surface area contributed by atoms with Crippen LogP contribution in [-0.2, 0) is 19.4 Å². The van der Waals surface area contributed by atoms with Gasteiger partial charge in [0.2, 0.25) is 0 Å². The molecule has 1 N–H and O–H groups in total. The number of hydrogen-bond acceptors (Lipinski definition) is 8. The lowest BCUT2D eigenvalue weighted by Gasteiger charge is -2.36. The molecular formula is C26H35NO6S2. The smallest absolute Gasteiger partial charge is 0.338 e. The standard InChI is InChI=1S/C26H35NO6S2/c1-5-7-13-26(6-2)17-27(19-11-9-8-10-12-19)20-14-23(34-4)22(15-24(20)35(30,31)18-26)33-16-21(28)25(29)32-3/h8-12,14-15,21,28H,5-7,13,16-18H2,1-4H3. The zero-order valence-corrected chi connectivity index (χ0v) is 22.5. The maximum atomic E-state index is 13.8. The normalized spacial score (nSPS) is 20.0. The Morgan fingerprint density at radius 2 is 1.94 bits per heavy atom. The fourth-order valence-corrected chi connectivity index (χ4v) is 7.24. The van der Waals surface area contributed by atoms with Crippen LogP contribution in [0.5, 0.6) is 5.75 Å². The van der Waals surface area contributed by atoms with Crippen LogP contribution in [-0.4, -0.2) is 57.9 Å². The van der Waals surface area contributed by atoms with Gasteiger partial charge in [-0.1, -0.05) is 44.9 Å². The lowest BCUT2D eigenvalue weighted by molar-refractivity contribution is -0.151. The second-order valence-corrected chi connectivity index (χ2v) is 11.8. The molecule has 0 bridgehead atoms. The van der Waals surface area contributed by atoms with Gasteiger partial charge in [0.15, 0.2) is 15.9 Å². The molecule has 192 valence electrons. The second-order valence-electron chi connectivity index (χ2n) is 8.96. The van der Waals surface area contributed by atoms with Gasteiger partial charge in [0.1, 0.15) is 12.4 Å². The predicted octanol–water partition coefficient (Wildman–Crippen LogP) is 4.83. The first kappa shape index (κ1) is 27.4.